The number of fused-ring (bicyclic) bond motifs is 1. The molecule has 0 fully saturated rings. The highest BCUT2D eigenvalue weighted by Crippen LogP contribution is 2.33. The van der Waals surface area contributed by atoms with Gasteiger partial charge in [0.1, 0.15) is 5.01 Å². The Balaban J connectivity index is 1.90. The highest BCUT2D eigenvalue weighted by molar-refractivity contribution is 7.19. The molecular weight excluding hydrogens is 404 g/mol. The maximum Gasteiger partial charge on any atom is 0.307 e. The van der Waals surface area contributed by atoms with Gasteiger partial charge in [-0.1, -0.05) is 18.2 Å². The summed E-state index contributed by atoms with van der Waals surface area (Å²) >= 11 is 1.45. The number of likely N-dealkylation sites (N-methyl/N-ethyl adjacent to an activating group) is 1. The molecule has 7 nitrogen and oxygen atoms in total. The normalized spacial score (nSPS) is 11.3. The number of aliphatic carboxylic acids is 1. The van der Waals surface area contributed by atoms with Crippen LogP contribution in [0.2, 0.25) is 0 Å². The fourth-order valence-electron chi connectivity index (χ4n) is 2.85. The van der Waals surface area contributed by atoms with E-state index in [-0.39, 0.29) is 18.9 Å². The molecule has 2 N–H and O–H groups in total. The van der Waals surface area contributed by atoms with E-state index in [4.69, 9.17) is 9.47 Å². The van der Waals surface area contributed by atoms with Gasteiger partial charge in [0, 0.05) is 6.54 Å². The minimum Gasteiger partial charge on any atom is -0.493 e. The number of carbonyl (C=O) groups is 2. The molecule has 3 rings (SSSR count). The summed E-state index contributed by atoms with van der Waals surface area (Å²) in [6, 6.07) is 12.9. The number of nitrogens with zero attached hydrogens (tertiary/aromatic N) is 1. The van der Waals surface area contributed by atoms with Gasteiger partial charge in [0.05, 0.1) is 23.7 Å². The van der Waals surface area contributed by atoms with Gasteiger partial charge >= 0.3 is 5.97 Å². The van der Waals surface area contributed by atoms with Crippen LogP contribution in [0.4, 0.5) is 0 Å². The van der Waals surface area contributed by atoms with Crippen LogP contribution in [-0.2, 0) is 9.59 Å². The van der Waals surface area contributed by atoms with Crippen LogP contribution < -0.4 is 14.8 Å². The number of methoxy groups -OCH3 is 1. The quantitative estimate of drug-likeness (QED) is 0.540. The van der Waals surface area contributed by atoms with Crippen LogP contribution in [0, 0.1) is 0 Å². The molecule has 1 amide bonds. The zero-order valence-electron chi connectivity index (χ0n) is 16.7. The van der Waals surface area contributed by atoms with Gasteiger partial charge in [-0.2, -0.15) is 0 Å². The summed E-state index contributed by atoms with van der Waals surface area (Å²) in [6.07, 6.45) is 1.62. The first-order valence-corrected chi connectivity index (χ1v) is 10.2. The molecule has 0 radical (unpaired) electrons. The zero-order chi connectivity index (χ0) is 21.5. The second kappa shape index (κ2) is 9.89. The van der Waals surface area contributed by atoms with Crippen LogP contribution in [0.5, 0.6) is 11.5 Å². The number of para-hydroxylation sites is 1. The van der Waals surface area contributed by atoms with E-state index in [1.807, 2.05) is 31.2 Å². The van der Waals surface area contributed by atoms with E-state index in [1.165, 1.54) is 18.4 Å². The Morgan fingerprint density at radius 2 is 2.00 bits per heavy atom. The third-order valence-electron chi connectivity index (χ3n) is 4.17. The van der Waals surface area contributed by atoms with E-state index in [0.717, 1.165) is 15.8 Å². The van der Waals surface area contributed by atoms with E-state index in [9.17, 15) is 14.7 Å². The Morgan fingerprint density at radius 3 is 2.70 bits per heavy atom. The maximum absolute atomic E-state index is 11.6. The van der Waals surface area contributed by atoms with Crippen molar-refractivity contribution < 1.29 is 24.2 Å². The Kier molecular flexibility index (Phi) is 7.03. The van der Waals surface area contributed by atoms with Crippen molar-refractivity contribution in [1.82, 2.24) is 10.3 Å². The molecule has 1 aromatic heterocycles. The third kappa shape index (κ3) is 5.36. The lowest BCUT2D eigenvalue weighted by atomic mass is 10.1. The van der Waals surface area contributed by atoms with Crippen molar-refractivity contribution in [2.24, 2.45) is 0 Å². The zero-order valence-corrected chi connectivity index (χ0v) is 17.5. The Morgan fingerprint density at radius 1 is 1.20 bits per heavy atom. The molecule has 0 spiro atoms. The molecule has 0 saturated heterocycles. The number of benzene rings is 2. The number of amides is 1. The van der Waals surface area contributed by atoms with Gasteiger partial charge in [-0.25, -0.2) is 4.98 Å². The minimum atomic E-state index is -0.936. The van der Waals surface area contributed by atoms with Crippen molar-refractivity contribution in [3.63, 3.8) is 0 Å². The Labute approximate surface area is 178 Å². The smallest absolute Gasteiger partial charge is 0.307 e. The number of nitrogens with one attached hydrogen (secondary N) is 1. The maximum atomic E-state index is 11.6. The average Bonchev–Trinajstić information content (AvgIpc) is 3.16. The van der Waals surface area contributed by atoms with Gasteiger partial charge in [-0.15, -0.1) is 11.3 Å². The summed E-state index contributed by atoms with van der Waals surface area (Å²) in [5.41, 5.74) is 2.18. The van der Waals surface area contributed by atoms with Crippen LogP contribution in [0.1, 0.15) is 23.9 Å². The fourth-order valence-corrected chi connectivity index (χ4v) is 3.83. The summed E-state index contributed by atoms with van der Waals surface area (Å²) < 4.78 is 11.9. The van der Waals surface area contributed by atoms with Gasteiger partial charge in [-0.05, 0) is 48.4 Å². The van der Waals surface area contributed by atoms with Crippen LogP contribution >= 0.6 is 11.3 Å². The topological polar surface area (TPSA) is 97.8 Å². The van der Waals surface area contributed by atoms with Crippen LogP contribution in [0.15, 0.2) is 42.5 Å². The van der Waals surface area contributed by atoms with E-state index >= 15 is 0 Å². The first-order valence-electron chi connectivity index (χ1n) is 9.36. The molecule has 0 unspecified atom stereocenters. The SMILES string of the molecule is CCNC(=O)COc1ccc(/C=C(\CC(=O)O)c2nc3ccccc3s2)cc1OC. The molecule has 1 heterocycles. The first kappa shape index (κ1) is 21.3. The van der Waals surface area contributed by atoms with Gasteiger partial charge in [0.2, 0.25) is 0 Å². The molecule has 30 heavy (non-hydrogen) atoms. The van der Waals surface area contributed by atoms with Crippen LogP contribution in [-0.4, -0.2) is 42.2 Å². The average molecular weight is 426 g/mol. The highest BCUT2D eigenvalue weighted by Gasteiger charge is 2.14. The number of aromatic nitrogens is 1. The van der Waals surface area contributed by atoms with Gasteiger partial charge in [0.15, 0.2) is 18.1 Å². The monoisotopic (exact) mass is 426 g/mol. The number of thiazole rings is 1. The molecular formula is C22H22N2O5S. The first-order chi connectivity index (χ1) is 14.5. The van der Waals surface area contributed by atoms with Crippen LogP contribution in [0.3, 0.4) is 0 Å². The standard InChI is InChI=1S/C22H22N2O5S/c1-3-23-20(25)13-29-17-9-8-14(11-18(17)28-2)10-15(12-21(26)27)22-24-16-6-4-5-7-19(16)30-22/h4-11H,3,12-13H2,1-2H3,(H,23,25)(H,26,27)/b15-10+. The molecule has 0 saturated carbocycles. The molecule has 0 atom stereocenters. The Bertz CT molecular complexity index is 1060. The predicted octanol–water partition coefficient (Wildman–Crippen LogP) is 3.84. The molecule has 2 aromatic carbocycles. The summed E-state index contributed by atoms with van der Waals surface area (Å²) in [5, 5.41) is 12.7. The Hall–Kier alpha value is -3.39. The number of hydrogen-bond donors (Lipinski definition) is 2. The van der Waals surface area contributed by atoms with E-state index < -0.39 is 5.97 Å². The number of ether oxygens (including phenoxy) is 2. The lowest BCUT2D eigenvalue weighted by Gasteiger charge is -2.11. The van der Waals surface area contributed by atoms with Crippen molar-refractivity contribution >= 4 is 45.1 Å². The summed E-state index contributed by atoms with van der Waals surface area (Å²) in [5.74, 6) is -0.273. The number of rotatable bonds is 9. The molecule has 0 aliphatic carbocycles. The largest absolute Gasteiger partial charge is 0.493 e. The third-order valence-corrected chi connectivity index (χ3v) is 5.28. The predicted molar refractivity (Wildman–Crippen MR) is 117 cm³/mol. The molecule has 0 aliphatic heterocycles. The van der Waals surface area contributed by atoms with Crippen LogP contribution in [0.25, 0.3) is 21.9 Å². The van der Waals surface area contributed by atoms with Crippen molar-refractivity contribution in [2.75, 3.05) is 20.3 Å². The van der Waals surface area contributed by atoms with Gasteiger partial charge in [-0.3, -0.25) is 9.59 Å². The molecule has 8 heteroatoms. The molecule has 0 bridgehead atoms. The summed E-state index contributed by atoms with van der Waals surface area (Å²) in [6.45, 7) is 2.25. The van der Waals surface area contributed by atoms with Crippen molar-refractivity contribution in [3.05, 3.63) is 53.0 Å². The van der Waals surface area contributed by atoms with Gasteiger partial charge in [0.25, 0.3) is 5.91 Å². The number of hydrogen-bond acceptors (Lipinski definition) is 6. The lowest BCUT2D eigenvalue weighted by molar-refractivity contribution is -0.135. The number of carboxylic acid groups (broad SMARTS) is 1. The summed E-state index contributed by atoms with van der Waals surface area (Å²) in [7, 11) is 1.51. The van der Waals surface area contributed by atoms with E-state index in [2.05, 4.69) is 10.3 Å². The lowest BCUT2D eigenvalue weighted by Crippen LogP contribution is -2.28. The summed E-state index contributed by atoms with van der Waals surface area (Å²) in [4.78, 5) is 27.6. The van der Waals surface area contributed by atoms with Crippen molar-refractivity contribution in [1.29, 1.82) is 0 Å². The fraction of sp³-hybridized carbons (Fsp3) is 0.227. The molecule has 0 aliphatic rings. The highest BCUT2D eigenvalue weighted by atomic mass is 32.1. The minimum absolute atomic E-state index is 0.116. The molecule has 156 valence electrons. The van der Waals surface area contributed by atoms with E-state index in [1.54, 1.807) is 24.3 Å². The van der Waals surface area contributed by atoms with Crippen molar-refractivity contribution in [2.45, 2.75) is 13.3 Å². The van der Waals surface area contributed by atoms with E-state index in [0.29, 0.717) is 28.6 Å². The second-order valence-corrected chi connectivity index (χ2v) is 7.41. The number of carbonyl (C=O) groups excluding carboxylic acids is 1. The molecule has 3 aromatic rings. The number of carboxylic acids is 1. The van der Waals surface area contributed by atoms with Crippen molar-refractivity contribution in [3.8, 4) is 11.5 Å². The second-order valence-electron chi connectivity index (χ2n) is 6.38. The van der Waals surface area contributed by atoms with Gasteiger partial charge < -0.3 is 19.9 Å².